The number of halogens is 1. The molecule has 112 valence electrons. The van der Waals surface area contributed by atoms with Crippen molar-refractivity contribution in [3.05, 3.63) is 35.1 Å². The van der Waals surface area contributed by atoms with Gasteiger partial charge in [0.2, 0.25) is 0 Å². The Morgan fingerprint density at radius 1 is 1.48 bits per heavy atom. The predicted octanol–water partition coefficient (Wildman–Crippen LogP) is 3.77. The van der Waals surface area contributed by atoms with Gasteiger partial charge < -0.3 is 9.64 Å². The molecule has 1 heterocycles. The molecule has 0 aliphatic carbocycles. The van der Waals surface area contributed by atoms with Crippen LogP contribution in [0.2, 0.25) is 0 Å². The number of carbonyl (C=O) groups is 1. The highest BCUT2D eigenvalue weighted by atomic mass is 19.1. The fraction of sp³-hybridized carbons (Fsp3) is 0.500. The number of ether oxygens (including phenoxy) is 1. The average Bonchev–Trinajstić information content (AvgIpc) is 2.85. The van der Waals surface area contributed by atoms with Crippen LogP contribution >= 0.6 is 0 Å². The van der Waals surface area contributed by atoms with Crippen LogP contribution < -0.4 is 0 Å². The van der Waals surface area contributed by atoms with Crippen molar-refractivity contribution in [2.75, 3.05) is 6.54 Å². The first-order chi connectivity index (χ1) is 9.81. The van der Waals surface area contributed by atoms with Gasteiger partial charge in [0.25, 0.3) is 0 Å². The Hall–Kier alpha value is -2.09. The highest BCUT2D eigenvalue weighted by molar-refractivity contribution is 5.69. The quantitative estimate of drug-likeness (QED) is 0.791. The number of hydrogen-bond donors (Lipinski definition) is 0. The van der Waals surface area contributed by atoms with Crippen molar-refractivity contribution < 1.29 is 13.9 Å². The van der Waals surface area contributed by atoms with E-state index in [1.54, 1.807) is 17.0 Å². The Labute approximate surface area is 124 Å². The van der Waals surface area contributed by atoms with Crippen molar-refractivity contribution in [2.45, 2.75) is 45.3 Å². The minimum Gasteiger partial charge on any atom is -0.444 e. The van der Waals surface area contributed by atoms with Crippen LogP contribution in [0.1, 0.15) is 50.8 Å². The Bertz CT molecular complexity index is 587. The molecule has 0 spiro atoms. The summed E-state index contributed by atoms with van der Waals surface area (Å²) < 4.78 is 19.1. The number of benzene rings is 1. The van der Waals surface area contributed by atoms with E-state index in [2.05, 4.69) is 0 Å². The fourth-order valence-electron chi connectivity index (χ4n) is 2.48. The van der Waals surface area contributed by atoms with Crippen LogP contribution in [0.5, 0.6) is 0 Å². The van der Waals surface area contributed by atoms with Crippen LogP contribution in [0.4, 0.5) is 9.18 Å². The number of hydrogen-bond acceptors (Lipinski definition) is 3. The van der Waals surface area contributed by atoms with E-state index >= 15 is 0 Å². The molecule has 0 aromatic heterocycles. The zero-order chi connectivity index (χ0) is 15.6. The Balaban J connectivity index is 2.21. The number of likely N-dealkylation sites (tertiary alicyclic amines) is 1. The van der Waals surface area contributed by atoms with Crippen LogP contribution in [0.25, 0.3) is 0 Å². The van der Waals surface area contributed by atoms with Crippen LogP contribution in [-0.2, 0) is 4.74 Å². The molecule has 1 aliphatic heterocycles. The lowest BCUT2D eigenvalue weighted by Gasteiger charge is -2.28. The maximum atomic E-state index is 13.7. The minimum absolute atomic E-state index is 0.0144. The predicted molar refractivity (Wildman–Crippen MR) is 76.0 cm³/mol. The van der Waals surface area contributed by atoms with Gasteiger partial charge in [-0.1, -0.05) is 6.07 Å². The molecule has 0 saturated carbocycles. The number of rotatable bonds is 1. The third kappa shape index (κ3) is 3.52. The van der Waals surface area contributed by atoms with Gasteiger partial charge >= 0.3 is 6.09 Å². The molecule has 1 aliphatic rings. The molecule has 0 bridgehead atoms. The first-order valence-electron chi connectivity index (χ1n) is 7.01. The zero-order valence-corrected chi connectivity index (χ0v) is 12.5. The van der Waals surface area contributed by atoms with Gasteiger partial charge in [-0.2, -0.15) is 5.26 Å². The van der Waals surface area contributed by atoms with E-state index in [0.717, 1.165) is 12.8 Å². The van der Waals surface area contributed by atoms with Gasteiger partial charge in [-0.25, -0.2) is 9.18 Å². The third-order valence-electron chi connectivity index (χ3n) is 3.38. The van der Waals surface area contributed by atoms with Crippen LogP contribution in [0.3, 0.4) is 0 Å². The highest BCUT2D eigenvalue weighted by Gasteiger charge is 2.33. The van der Waals surface area contributed by atoms with Crippen LogP contribution in [0.15, 0.2) is 18.2 Å². The summed E-state index contributed by atoms with van der Waals surface area (Å²) in [4.78, 5) is 13.8. The molecule has 5 heteroatoms. The summed E-state index contributed by atoms with van der Waals surface area (Å²) in [6, 6.07) is 6.10. The molecule has 0 N–H and O–H groups in total. The maximum absolute atomic E-state index is 13.7. The highest BCUT2D eigenvalue weighted by Crippen LogP contribution is 2.33. The van der Waals surface area contributed by atoms with Gasteiger partial charge in [0.1, 0.15) is 17.5 Å². The summed E-state index contributed by atoms with van der Waals surface area (Å²) in [6.45, 7) is 6.05. The largest absolute Gasteiger partial charge is 0.444 e. The number of nitriles is 1. The van der Waals surface area contributed by atoms with Gasteiger partial charge in [0.15, 0.2) is 0 Å². The fourth-order valence-corrected chi connectivity index (χ4v) is 2.48. The molecule has 2 rings (SSSR count). The molecular weight excluding hydrogens is 271 g/mol. The molecule has 0 unspecified atom stereocenters. The summed E-state index contributed by atoms with van der Waals surface area (Å²) in [6.07, 6.45) is 1.24. The van der Waals surface area contributed by atoms with Gasteiger partial charge in [-0.3, -0.25) is 0 Å². The second kappa shape index (κ2) is 5.72. The molecule has 21 heavy (non-hydrogen) atoms. The lowest BCUT2D eigenvalue weighted by Crippen LogP contribution is -2.36. The van der Waals surface area contributed by atoms with Gasteiger partial charge in [0, 0.05) is 6.54 Å². The van der Waals surface area contributed by atoms with Gasteiger partial charge in [-0.05, 0) is 51.3 Å². The number of amides is 1. The molecule has 1 atom stereocenters. The van der Waals surface area contributed by atoms with Crippen molar-refractivity contribution in [1.82, 2.24) is 4.90 Å². The Morgan fingerprint density at radius 3 is 2.76 bits per heavy atom. The molecule has 1 aromatic rings. The maximum Gasteiger partial charge on any atom is 0.410 e. The van der Waals surface area contributed by atoms with Gasteiger partial charge in [0.05, 0.1) is 11.6 Å². The van der Waals surface area contributed by atoms with Crippen LogP contribution in [-0.4, -0.2) is 23.1 Å². The van der Waals surface area contributed by atoms with E-state index in [4.69, 9.17) is 10.00 Å². The number of carbonyl (C=O) groups excluding carboxylic acids is 1. The summed E-state index contributed by atoms with van der Waals surface area (Å²) >= 11 is 0. The monoisotopic (exact) mass is 290 g/mol. The van der Waals surface area contributed by atoms with E-state index in [9.17, 15) is 9.18 Å². The van der Waals surface area contributed by atoms with E-state index < -0.39 is 11.4 Å². The molecule has 1 saturated heterocycles. The van der Waals surface area contributed by atoms with Crippen molar-refractivity contribution in [2.24, 2.45) is 0 Å². The normalized spacial score (nSPS) is 18.4. The second-order valence-electron chi connectivity index (χ2n) is 6.18. The Kier molecular flexibility index (Phi) is 4.17. The first-order valence-corrected chi connectivity index (χ1v) is 7.01. The molecule has 4 nitrogen and oxygen atoms in total. The van der Waals surface area contributed by atoms with Crippen LogP contribution in [0, 0.1) is 17.1 Å². The number of nitrogens with zero attached hydrogens (tertiary/aromatic N) is 2. The first kappa shape index (κ1) is 15.3. The van der Waals surface area contributed by atoms with Crippen molar-refractivity contribution in [3.63, 3.8) is 0 Å². The molecule has 1 fully saturated rings. The molecular formula is C16H19FN2O2. The average molecular weight is 290 g/mol. The van der Waals surface area contributed by atoms with Crippen molar-refractivity contribution in [3.8, 4) is 6.07 Å². The summed E-state index contributed by atoms with van der Waals surface area (Å²) in [5, 5.41) is 8.77. The molecule has 1 aromatic carbocycles. The van der Waals surface area contributed by atoms with E-state index in [0.29, 0.717) is 12.1 Å². The minimum atomic E-state index is -0.555. The van der Waals surface area contributed by atoms with E-state index in [-0.39, 0.29) is 17.7 Å². The second-order valence-corrected chi connectivity index (χ2v) is 6.18. The molecule has 1 amide bonds. The van der Waals surface area contributed by atoms with Crippen molar-refractivity contribution >= 4 is 6.09 Å². The Morgan fingerprint density at radius 2 is 2.19 bits per heavy atom. The third-order valence-corrected chi connectivity index (χ3v) is 3.38. The molecule has 0 radical (unpaired) electrons. The smallest absolute Gasteiger partial charge is 0.410 e. The van der Waals surface area contributed by atoms with E-state index in [1.807, 2.05) is 20.8 Å². The summed E-state index contributed by atoms with van der Waals surface area (Å²) in [5.74, 6) is -0.550. The SMILES string of the molecule is CC(C)(C)OC(=O)N1CCC[C@H]1c1ccc(C#N)c(F)c1. The summed E-state index contributed by atoms with van der Waals surface area (Å²) in [5.41, 5.74) is 0.163. The standard InChI is InChI=1S/C16H19FN2O2/c1-16(2,3)21-15(20)19-8-4-5-14(19)11-6-7-12(10-18)13(17)9-11/h6-7,9,14H,4-5,8H2,1-3H3/t14-/m0/s1. The topological polar surface area (TPSA) is 53.3 Å². The summed E-state index contributed by atoms with van der Waals surface area (Å²) in [7, 11) is 0. The van der Waals surface area contributed by atoms with Crippen molar-refractivity contribution in [1.29, 1.82) is 5.26 Å². The van der Waals surface area contributed by atoms with E-state index in [1.165, 1.54) is 12.1 Å². The lowest BCUT2D eigenvalue weighted by molar-refractivity contribution is 0.0224. The lowest BCUT2D eigenvalue weighted by atomic mass is 10.0. The van der Waals surface area contributed by atoms with Gasteiger partial charge in [-0.15, -0.1) is 0 Å². The zero-order valence-electron chi connectivity index (χ0n) is 12.5.